The van der Waals surface area contributed by atoms with Gasteiger partial charge < -0.3 is 10.7 Å². The number of nitrogens with zero attached hydrogens (tertiary/aromatic N) is 1. The van der Waals surface area contributed by atoms with Crippen molar-refractivity contribution in [1.29, 1.82) is 0 Å². The van der Waals surface area contributed by atoms with Crippen LogP contribution in [0.25, 0.3) is 0 Å². The van der Waals surface area contributed by atoms with Crippen molar-refractivity contribution in [3.63, 3.8) is 0 Å². The Kier molecular flexibility index (Phi) is 3.00. The Bertz CT molecular complexity index is 516. The molecular formula is C12H13N3O. The van der Waals surface area contributed by atoms with Crippen LogP contribution in [0, 0.1) is 0 Å². The van der Waals surface area contributed by atoms with Crippen LogP contribution in [0.5, 0.6) is 0 Å². The molecule has 0 saturated carbocycles. The van der Waals surface area contributed by atoms with E-state index in [4.69, 9.17) is 5.73 Å². The van der Waals surface area contributed by atoms with Crippen LogP contribution in [-0.2, 0) is 12.8 Å². The highest BCUT2D eigenvalue weighted by molar-refractivity contribution is 5.39. The lowest BCUT2D eigenvalue weighted by molar-refractivity contribution is 0.847. The largest absolute Gasteiger partial charge is 0.399 e. The highest BCUT2D eigenvalue weighted by Gasteiger charge is 1.97. The molecule has 4 heteroatoms. The highest BCUT2D eigenvalue weighted by Crippen LogP contribution is 2.07. The molecule has 2 rings (SSSR count). The summed E-state index contributed by atoms with van der Waals surface area (Å²) in [5.74, 6) is 0.712. The first-order valence-electron chi connectivity index (χ1n) is 5.13. The smallest absolute Gasteiger partial charge is 0.250 e. The van der Waals surface area contributed by atoms with Crippen molar-refractivity contribution >= 4 is 5.69 Å². The van der Waals surface area contributed by atoms with E-state index >= 15 is 0 Å². The molecule has 3 N–H and O–H groups in total. The lowest BCUT2D eigenvalue weighted by atomic mass is 10.1. The Hall–Kier alpha value is -2.10. The molecule has 0 unspecified atom stereocenters. The maximum absolute atomic E-state index is 11.0. The summed E-state index contributed by atoms with van der Waals surface area (Å²) in [5, 5.41) is 0. The molecule has 0 fully saturated rings. The van der Waals surface area contributed by atoms with E-state index in [9.17, 15) is 4.79 Å². The van der Waals surface area contributed by atoms with Crippen molar-refractivity contribution in [1.82, 2.24) is 9.97 Å². The van der Waals surface area contributed by atoms with Gasteiger partial charge in [-0.3, -0.25) is 4.79 Å². The fraction of sp³-hybridized carbons (Fsp3) is 0.167. The van der Waals surface area contributed by atoms with Crippen LogP contribution in [0.2, 0.25) is 0 Å². The summed E-state index contributed by atoms with van der Waals surface area (Å²) in [6, 6.07) is 9.12. The molecule has 82 valence electrons. The highest BCUT2D eigenvalue weighted by atomic mass is 16.1. The molecule has 0 aliphatic heterocycles. The van der Waals surface area contributed by atoms with Crippen LogP contribution in [0.1, 0.15) is 11.4 Å². The molecule has 4 nitrogen and oxygen atoms in total. The Labute approximate surface area is 93.2 Å². The molecule has 0 amide bonds. The van der Waals surface area contributed by atoms with E-state index in [0.29, 0.717) is 5.82 Å². The van der Waals surface area contributed by atoms with E-state index in [2.05, 4.69) is 9.97 Å². The topological polar surface area (TPSA) is 71.8 Å². The second-order valence-electron chi connectivity index (χ2n) is 3.62. The second-order valence-corrected chi connectivity index (χ2v) is 3.62. The molecule has 0 radical (unpaired) electrons. The number of aromatic amines is 1. The number of anilines is 1. The van der Waals surface area contributed by atoms with Crippen molar-refractivity contribution in [2.45, 2.75) is 12.8 Å². The number of aryl methyl sites for hydroxylation is 2. The van der Waals surface area contributed by atoms with Gasteiger partial charge in [-0.15, -0.1) is 0 Å². The lowest BCUT2D eigenvalue weighted by Crippen LogP contribution is -2.09. The predicted octanol–water partition coefficient (Wildman–Crippen LogP) is 1.14. The predicted molar refractivity (Wildman–Crippen MR) is 63.1 cm³/mol. The zero-order valence-electron chi connectivity index (χ0n) is 8.81. The summed E-state index contributed by atoms with van der Waals surface area (Å²) in [6.07, 6.45) is 3.09. The zero-order chi connectivity index (χ0) is 11.4. The summed E-state index contributed by atoms with van der Waals surface area (Å²) in [4.78, 5) is 17.8. The molecule has 0 spiro atoms. The van der Waals surface area contributed by atoms with Crippen LogP contribution in [0.15, 0.2) is 41.3 Å². The van der Waals surface area contributed by atoms with E-state index in [1.807, 2.05) is 24.3 Å². The summed E-state index contributed by atoms with van der Waals surface area (Å²) >= 11 is 0. The maximum atomic E-state index is 11.0. The van der Waals surface area contributed by atoms with Gasteiger partial charge in [0.2, 0.25) is 0 Å². The molecule has 1 heterocycles. The quantitative estimate of drug-likeness (QED) is 0.754. The molecule has 0 saturated heterocycles. The number of rotatable bonds is 3. The third kappa shape index (κ3) is 2.70. The summed E-state index contributed by atoms with van der Waals surface area (Å²) in [5.41, 5.74) is 7.43. The number of benzene rings is 1. The summed E-state index contributed by atoms with van der Waals surface area (Å²) < 4.78 is 0. The van der Waals surface area contributed by atoms with Crippen molar-refractivity contribution in [2.24, 2.45) is 0 Å². The average molecular weight is 215 g/mol. The molecule has 0 aliphatic carbocycles. The van der Waals surface area contributed by atoms with E-state index in [-0.39, 0.29) is 5.56 Å². The van der Waals surface area contributed by atoms with Gasteiger partial charge in [-0.2, -0.15) is 0 Å². The number of hydrogen-bond acceptors (Lipinski definition) is 3. The minimum absolute atomic E-state index is 0.109. The van der Waals surface area contributed by atoms with Crippen LogP contribution in [0.3, 0.4) is 0 Å². The fourth-order valence-electron chi connectivity index (χ4n) is 1.49. The van der Waals surface area contributed by atoms with Gasteiger partial charge in [-0.1, -0.05) is 12.1 Å². The van der Waals surface area contributed by atoms with Gasteiger partial charge in [0.1, 0.15) is 5.82 Å². The standard InChI is InChI=1S/C12H13N3O/c13-10-4-1-9(2-5-10)3-6-11-14-8-7-12(16)15-11/h1-2,4-5,7-8H,3,6,13H2,(H,14,15,16). The number of nitrogens with two attached hydrogens (primary N) is 1. The molecule has 0 bridgehead atoms. The first-order valence-corrected chi connectivity index (χ1v) is 5.13. The van der Waals surface area contributed by atoms with Crippen LogP contribution < -0.4 is 11.3 Å². The number of aromatic nitrogens is 2. The average Bonchev–Trinajstić information content (AvgIpc) is 2.28. The number of hydrogen-bond donors (Lipinski definition) is 2. The van der Waals surface area contributed by atoms with E-state index in [0.717, 1.165) is 18.5 Å². The third-order valence-electron chi connectivity index (χ3n) is 2.35. The number of nitrogen functional groups attached to an aromatic ring is 1. The van der Waals surface area contributed by atoms with Crippen molar-refractivity contribution < 1.29 is 0 Å². The molecular weight excluding hydrogens is 202 g/mol. The molecule has 0 atom stereocenters. The molecule has 1 aromatic carbocycles. The van der Waals surface area contributed by atoms with E-state index in [1.54, 1.807) is 0 Å². The Morgan fingerprint density at radius 1 is 1.12 bits per heavy atom. The van der Waals surface area contributed by atoms with Gasteiger partial charge in [0, 0.05) is 24.4 Å². The Balaban J connectivity index is 2.02. The molecule has 2 aromatic rings. The Morgan fingerprint density at radius 3 is 2.56 bits per heavy atom. The zero-order valence-corrected chi connectivity index (χ0v) is 8.81. The third-order valence-corrected chi connectivity index (χ3v) is 2.35. The van der Waals surface area contributed by atoms with Gasteiger partial charge in [0.25, 0.3) is 5.56 Å². The first kappa shape index (κ1) is 10.4. The maximum Gasteiger partial charge on any atom is 0.250 e. The monoisotopic (exact) mass is 215 g/mol. The van der Waals surface area contributed by atoms with Crippen molar-refractivity contribution in [2.75, 3.05) is 5.73 Å². The van der Waals surface area contributed by atoms with Gasteiger partial charge >= 0.3 is 0 Å². The van der Waals surface area contributed by atoms with Gasteiger partial charge in [-0.25, -0.2) is 4.98 Å². The molecule has 16 heavy (non-hydrogen) atoms. The normalized spacial score (nSPS) is 10.2. The molecule has 0 aliphatic rings. The van der Waals surface area contributed by atoms with Gasteiger partial charge in [-0.05, 0) is 24.1 Å². The molecule has 1 aromatic heterocycles. The van der Waals surface area contributed by atoms with Crippen LogP contribution in [0.4, 0.5) is 5.69 Å². The first-order chi connectivity index (χ1) is 7.74. The van der Waals surface area contributed by atoms with Crippen LogP contribution in [-0.4, -0.2) is 9.97 Å². The second kappa shape index (κ2) is 4.61. The lowest BCUT2D eigenvalue weighted by Gasteiger charge is -2.01. The Morgan fingerprint density at radius 2 is 1.88 bits per heavy atom. The summed E-state index contributed by atoms with van der Waals surface area (Å²) in [7, 11) is 0. The van der Waals surface area contributed by atoms with Gasteiger partial charge in [0.05, 0.1) is 0 Å². The minimum atomic E-state index is -0.109. The number of nitrogens with one attached hydrogen (secondary N) is 1. The number of H-pyrrole nitrogens is 1. The SMILES string of the molecule is Nc1ccc(CCc2nccc(=O)[nH]2)cc1. The van der Waals surface area contributed by atoms with Gasteiger partial charge in [0.15, 0.2) is 0 Å². The summed E-state index contributed by atoms with van der Waals surface area (Å²) in [6.45, 7) is 0. The van der Waals surface area contributed by atoms with E-state index in [1.165, 1.54) is 17.8 Å². The van der Waals surface area contributed by atoms with E-state index < -0.39 is 0 Å². The minimum Gasteiger partial charge on any atom is -0.399 e. The van der Waals surface area contributed by atoms with Crippen molar-refractivity contribution in [3.05, 3.63) is 58.3 Å². The fourth-order valence-corrected chi connectivity index (χ4v) is 1.49. The van der Waals surface area contributed by atoms with Crippen LogP contribution >= 0.6 is 0 Å². The van der Waals surface area contributed by atoms with Crippen molar-refractivity contribution in [3.8, 4) is 0 Å².